The number of rotatable bonds is 2. The summed E-state index contributed by atoms with van der Waals surface area (Å²) in [6.45, 7) is 5.12. The number of nitrogens with zero attached hydrogens (tertiary/aromatic N) is 2. The monoisotopic (exact) mass is 208 g/mol. The number of hydrogen-bond donors (Lipinski definition) is 0. The van der Waals surface area contributed by atoms with E-state index in [4.69, 9.17) is 11.6 Å². The minimum absolute atomic E-state index is 0.594. The van der Waals surface area contributed by atoms with Crippen molar-refractivity contribution in [2.45, 2.75) is 26.8 Å². The molecule has 3 heteroatoms. The second kappa shape index (κ2) is 3.62. The molecule has 0 aliphatic heterocycles. The third kappa shape index (κ3) is 1.40. The summed E-state index contributed by atoms with van der Waals surface area (Å²) in [6.07, 6.45) is 1.07. The van der Waals surface area contributed by atoms with E-state index in [-0.39, 0.29) is 0 Å². The van der Waals surface area contributed by atoms with E-state index in [1.54, 1.807) is 0 Å². The highest BCUT2D eigenvalue weighted by Crippen LogP contribution is 2.22. The Morgan fingerprint density at radius 1 is 1.43 bits per heavy atom. The minimum atomic E-state index is 0.594. The summed E-state index contributed by atoms with van der Waals surface area (Å²) in [7, 11) is 0. The molecule has 2 aromatic rings. The fourth-order valence-electron chi connectivity index (χ4n) is 1.70. The third-order valence-corrected chi connectivity index (χ3v) is 2.67. The van der Waals surface area contributed by atoms with E-state index in [9.17, 15) is 0 Å². The van der Waals surface area contributed by atoms with Crippen LogP contribution in [0.3, 0.4) is 0 Å². The van der Waals surface area contributed by atoms with Crippen LogP contribution in [0.5, 0.6) is 0 Å². The molecule has 1 heterocycles. The highest BCUT2D eigenvalue weighted by Gasteiger charge is 2.08. The van der Waals surface area contributed by atoms with Crippen molar-refractivity contribution in [1.82, 2.24) is 9.55 Å². The molecular weight excluding hydrogens is 196 g/mol. The summed E-state index contributed by atoms with van der Waals surface area (Å²) < 4.78 is 2.06. The van der Waals surface area contributed by atoms with E-state index in [1.807, 2.05) is 6.07 Å². The van der Waals surface area contributed by atoms with Gasteiger partial charge in [-0.2, -0.15) is 0 Å². The van der Waals surface area contributed by atoms with Crippen LogP contribution in [0.15, 0.2) is 18.2 Å². The van der Waals surface area contributed by atoms with E-state index in [0.717, 1.165) is 24.0 Å². The van der Waals surface area contributed by atoms with Gasteiger partial charge in [0.2, 0.25) is 5.28 Å². The van der Waals surface area contributed by atoms with E-state index in [0.29, 0.717) is 5.28 Å². The fraction of sp³-hybridized carbons (Fsp3) is 0.364. The topological polar surface area (TPSA) is 17.8 Å². The van der Waals surface area contributed by atoms with Crippen molar-refractivity contribution in [1.29, 1.82) is 0 Å². The lowest BCUT2D eigenvalue weighted by atomic mass is 10.2. The van der Waals surface area contributed by atoms with Crippen molar-refractivity contribution in [3.8, 4) is 0 Å². The molecule has 0 bridgehead atoms. The Balaban J connectivity index is 2.70. The lowest BCUT2D eigenvalue weighted by molar-refractivity contribution is 0.698. The Hall–Kier alpha value is -1.02. The predicted molar refractivity (Wildman–Crippen MR) is 59.8 cm³/mol. The van der Waals surface area contributed by atoms with Crippen LogP contribution < -0.4 is 0 Å². The predicted octanol–water partition coefficient (Wildman–Crippen LogP) is 3.41. The molecule has 0 aliphatic rings. The molecule has 2 nitrogen and oxygen atoms in total. The van der Waals surface area contributed by atoms with Gasteiger partial charge in [-0.3, -0.25) is 0 Å². The zero-order valence-corrected chi connectivity index (χ0v) is 9.17. The normalized spacial score (nSPS) is 11.1. The summed E-state index contributed by atoms with van der Waals surface area (Å²) in [5, 5.41) is 0.594. The van der Waals surface area contributed by atoms with Crippen LogP contribution in [-0.2, 0) is 6.54 Å². The average Bonchev–Trinajstić information content (AvgIpc) is 2.47. The molecule has 0 N–H and O–H groups in total. The highest BCUT2D eigenvalue weighted by atomic mass is 35.5. The van der Waals surface area contributed by atoms with Gasteiger partial charge in [0.15, 0.2) is 0 Å². The summed E-state index contributed by atoms with van der Waals surface area (Å²) >= 11 is 6.07. The molecule has 1 aromatic heterocycles. The maximum atomic E-state index is 6.07. The number of para-hydroxylation sites is 1. The largest absolute Gasteiger partial charge is 0.315 e. The third-order valence-electron chi connectivity index (χ3n) is 2.38. The molecule has 14 heavy (non-hydrogen) atoms. The van der Waals surface area contributed by atoms with Gasteiger partial charge in [0.25, 0.3) is 0 Å². The second-order valence-electron chi connectivity index (χ2n) is 3.48. The molecule has 0 amide bonds. The molecule has 0 saturated heterocycles. The van der Waals surface area contributed by atoms with Crippen molar-refractivity contribution in [3.63, 3.8) is 0 Å². The summed E-state index contributed by atoms with van der Waals surface area (Å²) in [5.41, 5.74) is 3.34. The Labute approximate surface area is 88.5 Å². The molecule has 74 valence electrons. The van der Waals surface area contributed by atoms with Crippen LogP contribution in [0.25, 0.3) is 11.0 Å². The van der Waals surface area contributed by atoms with Gasteiger partial charge in [-0.25, -0.2) is 4.98 Å². The number of aryl methyl sites for hydroxylation is 2. The van der Waals surface area contributed by atoms with Gasteiger partial charge in [-0.05, 0) is 36.6 Å². The summed E-state index contributed by atoms with van der Waals surface area (Å²) in [5.74, 6) is 0. The molecule has 0 aliphatic carbocycles. The minimum Gasteiger partial charge on any atom is -0.315 e. The first-order valence-corrected chi connectivity index (χ1v) is 5.23. The first kappa shape index (κ1) is 9.53. The molecule has 0 saturated carbocycles. The van der Waals surface area contributed by atoms with Gasteiger partial charge < -0.3 is 4.57 Å². The first-order chi connectivity index (χ1) is 6.74. The van der Waals surface area contributed by atoms with Gasteiger partial charge in [-0.15, -0.1) is 0 Å². The van der Waals surface area contributed by atoms with E-state index in [2.05, 4.69) is 35.5 Å². The van der Waals surface area contributed by atoms with E-state index in [1.165, 1.54) is 5.56 Å². The van der Waals surface area contributed by atoms with Crippen LogP contribution in [0.2, 0.25) is 5.28 Å². The number of benzene rings is 1. The maximum absolute atomic E-state index is 6.07. The molecule has 0 unspecified atom stereocenters. The first-order valence-electron chi connectivity index (χ1n) is 4.85. The van der Waals surface area contributed by atoms with Gasteiger partial charge >= 0.3 is 0 Å². The SMILES string of the molecule is CCCn1c(Cl)nc2c(C)cccc21. The second-order valence-corrected chi connectivity index (χ2v) is 3.81. The highest BCUT2D eigenvalue weighted by molar-refractivity contribution is 6.29. The Kier molecular flexibility index (Phi) is 2.46. The molecule has 2 rings (SSSR count). The standard InChI is InChI=1S/C11H13ClN2/c1-3-7-14-9-6-4-5-8(2)10(9)13-11(14)12/h4-6H,3,7H2,1-2H3. The van der Waals surface area contributed by atoms with Gasteiger partial charge in [0.1, 0.15) is 0 Å². The van der Waals surface area contributed by atoms with Crippen LogP contribution >= 0.6 is 11.6 Å². The van der Waals surface area contributed by atoms with Crippen molar-refractivity contribution in [2.24, 2.45) is 0 Å². The Bertz CT molecular complexity index is 460. The number of halogens is 1. The van der Waals surface area contributed by atoms with Crippen molar-refractivity contribution >= 4 is 22.6 Å². The van der Waals surface area contributed by atoms with Crippen molar-refractivity contribution < 1.29 is 0 Å². The number of hydrogen-bond acceptors (Lipinski definition) is 1. The van der Waals surface area contributed by atoms with Gasteiger partial charge in [0, 0.05) is 6.54 Å². The number of imidazole rings is 1. The van der Waals surface area contributed by atoms with E-state index >= 15 is 0 Å². The average molecular weight is 209 g/mol. The van der Waals surface area contributed by atoms with Crippen molar-refractivity contribution in [2.75, 3.05) is 0 Å². The smallest absolute Gasteiger partial charge is 0.203 e. The summed E-state index contributed by atoms with van der Waals surface area (Å²) in [4.78, 5) is 4.36. The van der Waals surface area contributed by atoms with Crippen LogP contribution in [-0.4, -0.2) is 9.55 Å². The van der Waals surface area contributed by atoms with Crippen LogP contribution in [0, 0.1) is 6.92 Å². The summed E-state index contributed by atoms with van der Waals surface area (Å²) in [6, 6.07) is 6.17. The van der Waals surface area contributed by atoms with E-state index < -0.39 is 0 Å². The Morgan fingerprint density at radius 2 is 2.21 bits per heavy atom. The zero-order chi connectivity index (χ0) is 10.1. The van der Waals surface area contributed by atoms with Crippen LogP contribution in [0.4, 0.5) is 0 Å². The van der Waals surface area contributed by atoms with Crippen LogP contribution in [0.1, 0.15) is 18.9 Å². The molecule has 0 spiro atoms. The Morgan fingerprint density at radius 3 is 2.93 bits per heavy atom. The van der Waals surface area contributed by atoms with Crippen molar-refractivity contribution in [3.05, 3.63) is 29.0 Å². The molecule has 1 aromatic carbocycles. The fourth-order valence-corrected chi connectivity index (χ4v) is 1.96. The van der Waals surface area contributed by atoms with Gasteiger partial charge in [-0.1, -0.05) is 19.1 Å². The molecule has 0 atom stereocenters. The number of fused-ring (bicyclic) bond motifs is 1. The molecule has 0 radical (unpaired) electrons. The maximum Gasteiger partial charge on any atom is 0.203 e. The number of aromatic nitrogens is 2. The lowest BCUT2D eigenvalue weighted by Crippen LogP contribution is -1.95. The zero-order valence-electron chi connectivity index (χ0n) is 8.42. The molecule has 0 fully saturated rings. The van der Waals surface area contributed by atoms with Gasteiger partial charge in [0.05, 0.1) is 11.0 Å². The lowest BCUT2D eigenvalue weighted by Gasteiger charge is -2.02. The molecular formula is C11H13ClN2. The quantitative estimate of drug-likeness (QED) is 0.740.